The average molecular weight is 903 g/mol. The number of hydrogen-bond acceptors (Lipinski definition) is 15. The maximum Gasteiger partial charge on any atom is 0.316 e. The molecule has 0 amide bonds. The summed E-state index contributed by atoms with van der Waals surface area (Å²) in [6, 6.07) is 0. The molecule has 0 radical (unpaired) electrons. The number of esters is 1. The molecule has 6 heterocycles. The molecular weight excluding hydrogens is 829 g/mol. The fraction of sp³-hybridized carbons (Fsp3) is 0.816. The lowest BCUT2D eigenvalue weighted by Gasteiger charge is -2.53. The van der Waals surface area contributed by atoms with Crippen molar-refractivity contribution in [2.75, 3.05) is 27.9 Å². The van der Waals surface area contributed by atoms with E-state index in [0.29, 0.717) is 37.2 Å². The molecule has 3 N–H and O–H groups in total. The van der Waals surface area contributed by atoms with Crippen molar-refractivity contribution in [3.63, 3.8) is 0 Å². The van der Waals surface area contributed by atoms with E-state index in [-0.39, 0.29) is 43.5 Å². The summed E-state index contributed by atoms with van der Waals surface area (Å²) in [5.74, 6) is -2.68. The lowest BCUT2D eigenvalue weighted by molar-refractivity contribution is -0.357. The Labute approximate surface area is 378 Å². The number of aliphatic hydroxyl groups excluding tert-OH is 2. The molecule has 6 fully saturated rings. The van der Waals surface area contributed by atoms with E-state index in [9.17, 15) is 20.1 Å². The first-order valence-electron chi connectivity index (χ1n) is 23.8. The van der Waals surface area contributed by atoms with Gasteiger partial charge in [-0.25, -0.2) is 0 Å². The molecule has 0 aromatic carbocycles. The summed E-state index contributed by atoms with van der Waals surface area (Å²) in [4.78, 5) is 14.5. The zero-order valence-corrected chi connectivity index (χ0v) is 39.2. The zero-order chi connectivity index (χ0) is 45.7. The monoisotopic (exact) mass is 903 g/mol. The van der Waals surface area contributed by atoms with Gasteiger partial charge < -0.3 is 67.4 Å². The maximum absolute atomic E-state index is 14.5. The molecular formula is C49H74O15. The van der Waals surface area contributed by atoms with Crippen molar-refractivity contribution in [3.05, 3.63) is 47.1 Å². The van der Waals surface area contributed by atoms with Crippen LogP contribution in [0.25, 0.3) is 0 Å². The molecule has 1 saturated carbocycles. The molecule has 20 atom stereocenters. The molecule has 8 aliphatic rings. The fourth-order valence-corrected chi connectivity index (χ4v) is 11.7. The highest BCUT2D eigenvalue weighted by atomic mass is 16.7. The van der Waals surface area contributed by atoms with Crippen LogP contribution in [0.5, 0.6) is 0 Å². The quantitative estimate of drug-likeness (QED) is 0.219. The van der Waals surface area contributed by atoms with Crippen LogP contribution in [0.1, 0.15) is 99.3 Å². The topological polar surface area (TPSA) is 179 Å². The smallest absolute Gasteiger partial charge is 0.316 e. The average Bonchev–Trinajstić information content (AvgIpc) is 3.57. The van der Waals surface area contributed by atoms with Gasteiger partial charge in [0.1, 0.15) is 42.0 Å². The van der Waals surface area contributed by atoms with Gasteiger partial charge in [0, 0.05) is 65.3 Å². The third kappa shape index (κ3) is 9.50. The van der Waals surface area contributed by atoms with Crippen LogP contribution in [0.3, 0.4) is 0 Å². The molecule has 2 aliphatic carbocycles. The van der Waals surface area contributed by atoms with E-state index in [1.165, 1.54) is 0 Å². The van der Waals surface area contributed by atoms with Gasteiger partial charge >= 0.3 is 5.97 Å². The van der Waals surface area contributed by atoms with Crippen LogP contribution in [-0.2, 0) is 56.9 Å². The summed E-state index contributed by atoms with van der Waals surface area (Å²) in [5.41, 5.74) is 0.545. The Morgan fingerprint density at radius 3 is 2.23 bits per heavy atom. The van der Waals surface area contributed by atoms with Gasteiger partial charge in [0.2, 0.25) is 0 Å². The van der Waals surface area contributed by atoms with E-state index in [2.05, 4.69) is 19.9 Å². The Kier molecular flexibility index (Phi) is 15.0. The summed E-state index contributed by atoms with van der Waals surface area (Å²) in [5, 5.41) is 34.8. The maximum atomic E-state index is 14.5. The molecule has 0 aromatic heterocycles. The van der Waals surface area contributed by atoms with Gasteiger partial charge in [0.05, 0.1) is 55.4 Å². The zero-order valence-electron chi connectivity index (χ0n) is 39.2. The Morgan fingerprint density at radius 2 is 1.53 bits per heavy atom. The van der Waals surface area contributed by atoms with Crippen LogP contribution in [0, 0.1) is 23.7 Å². The van der Waals surface area contributed by atoms with Gasteiger partial charge in [-0.2, -0.15) is 0 Å². The summed E-state index contributed by atoms with van der Waals surface area (Å²) < 4.78 is 70.0. The molecule has 2 unspecified atom stereocenters. The second-order valence-electron chi connectivity index (χ2n) is 20.0. The summed E-state index contributed by atoms with van der Waals surface area (Å²) in [6.45, 7) is 11.9. The van der Waals surface area contributed by atoms with Gasteiger partial charge in [-0.3, -0.25) is 4.79 Å². The molecule has 6 aliphatic heterocycles. The first-order valence-corrected chi connectivity index (χ1v) is 23.8. The van der Waals surface area contributed by atoms with E-state index in [1.807, 2.05) is 39.0 Å². The molecule has 360 valence electrons. The standard InChI is InChI=1S/C49H74O15/c1-25-12-10-15-32-24-57-46-43(56-9)27(3)18-35(49(32,46)53)47(52)60-34-19-33(63-48(22-34)23-36(50)28(4)44(64-48)31-13-11-14-31)17-16-26(2)42(25)61-40-21-38(55-8)45(30(6)59-40)62-39-20-37(54-7)41(51)29(5)58-39/h10,12,15-16,18,25,28-31,33-46,50-51,53H,11,13-14,17,19-24H2,1-9H3/b12-10-,26-16-,32-15?/t25-,28-,29-,30-,33+,34-,35-,36?,37-,38-,39-,40-,41-,42-,43+,44?,45-,46+,48-,49+/m0/s1. The Hall–Kier alpha value is -2.09. The minimum atomic E-state index is -1.73. The molecule has 0 aromatic rings. The number of allylic oxidation sites excluding steroid dienone is 2. The van der Waals surface area contributed by atoms with Crippen LogP contribution in [0.4, 0.5) is 0 Å². The van der Waals surface area contributed by atoms with Crippen LogP contribution in [0.15, 0.2) is 47.1 Å². The van der Waals surface area contributed by atoms with Crippen LogP contribution < -0.4 is 0 Å². The molecule has 5 saturated heterocycles. The molecule has 15 nitrogen and oxygen atoms in total. The van der Waals surface area contributed by atoms with Crippen LogP contribution in [-0.4, -0.2) is 153 Å². The summed E-state index contributed by atoms with van der Waals surface area (Å²) in [6.07, 6.45) is 7.08. The van der Waals surface area contributed by atoms with Gasteiger partial charge in [0.25, 0.3) is 0 Å². The van der Waals surface area contributed by atoms with Crippen molar-refractivity contribution in [1.82, 2.24) is 0 Å². The highest BCUT2D eigenvalue weighted by molar-refractivity contribution is 5.78. The molecule has 8 rings (SSSR count). The predicted molar refractivity (Wildman–Crippen MR) is 231 cm³/mol. The molecule has 2 bridgehead atoms. The first kappa shape index (κ1) is 48.4. The number of aliphatic hydroxyl groups is 3. The predicted octanol–water partition coefficient (Wildman–Crippen LogP) is 4.98. The van der Waals surface area contributed by atoms with Crippen LogP contribution in [0.2, 0.25) is 0 Å². The highest BCUT2D eigenvalue weighted by Gasteiger charge is 2.61. The second kappa shape index (κ2) is 19.9. The van der Waals surface area contributed by atoms with Crippen molar-refractivity contribution in [2.45, 2.75) is 203 Å². The largest absolute Gasteiger partial charge is 0.462 e. The van der Waals surface area contributed by atoms with E-state index < -0.39 is 103 Å². The van der Waals surface area contributed by atoms with Gasteiger partial charge in [0.15, 0.2) is 18.4 Å². The Morgan fingerprint density at radius 1 is 0.812 bits per heavy atom. The van der Waals surface area contributed by atoms with Crippen molar-refractivity contribution < 1.29 is 72.2 Å². The normalized spacial score (nSPS) is 49.4. The molecule has 1 spiro atoms. The lowest BCUT2D eigenvalue weighted by atomic mass is 9.70. The van der Waals surface area contributed by atoms with Gasteiger partial charge in [-0.15, -0.1) is 0 Å². The Bertz CT molecular complexity index is 1760. The fourth-order valence-electron chi connectivity index (χ4n) is 11.7. The summed E-state index contributed by atoms with van der Waals surface area (Å²) >= 11 is 0. The number of carbonyl (C=O) groups excluding carboxylic acids is 1. The Balaban J connectivity index is 1.09. The third-order valence-electron chi connectivity index (χ3n) is 15.7. The van der Waals surface area contributed by atoms with Gasteiger partial charge in [-0.1, -0.05) is 50.6 Å². The van der Waals surface area contributed by atoms with Crippen LogP contribution >= 0.6 is 0 Å². The highest BCUT2D eigenvalue weighted by Crippen LogP contribution is 2.50. The molecule has 15 heteroatoms. The number of rotatable bonds is 8. The van der Waals surface area contributed by atoms with Gasteiger partial charge in [-0.05, 0) is 69.6 Å². The van der Waals surface area contributed by atoms with Crippen molar-refractivity contribution >= 4 is 5.97 Å². The first-order chi connectivity index (χ1) is 30.6. The minimum absolute atomic E-state index is 0.0607. The number of hydrogen-bond donors (Lipinski definition) is 3. The molecule has 64 heavy (non-hydrogen) atoms. The van der Waals surface area contributed by atoms with Crippen molar-refractivity contribution in [3.8, 4) is 0 Å². The number of fused-ring (bicyclic) bond motifs is 2. The van der Waals surface area contributed by atoms with E-state index in [4.69, 9.17) is 52.1 Å². The lowest BCUT2D eigenvalue weighted by Crippen LogP contribution is -2.60. The van der Waals surface area contributed by atoms with E-state index in [0.717, 1.165) is 30.4 Å². The number of methoxy groups -OCH3 is 3. The SMILES string of the molecule is CO[C@H]1C[C@H](O[C@H]2[C@H](C)O[C@@H](O[C@@H]3/C(C)=C\C[C@@H]4C[C@@H](C[C@]5(CC(O)[C@H](C)C(C6CCC6)O5)O4)OC(=O)[C@@H]4C=C(C)[C@@H](OC)[C@H]5OCC(=C/C=C\[C@@H]3C)[C@]54O)C[C@@H]2OC)O[C@@H](C)[C@@H]1O. The van der Waals surface area contributed by atoms with E-state index >= 15 is 0 Å². The summed E-state index contributed by atoms with van der Waals surface area (Å²) in [7, 11) is 4.80. The number of ether oxygens (including phenoxy) is 11. The van der Waals surface area contributed by atoms with Crippen molar-refractivity contribution in [1.29, 1.82) is 0 Å². The van der Waals surface area contributed by atoms with Crippen molar-refractivity contribution in [2.24, 2.45) is 23.7 Å². The number of carbonyl (C=O) groups is 1. The third-order valence-corrected chi connectivity index (χ3v) is 15.7. The van der Waals surface area contributed by atoms with E-state index in [1.54, 1.807) is 34.3 Å². The minimum Gasteiger partial charge on any atom is -0.462 e. The second-order valence-corrected chi connectivity index (χ2v) is 20.0.